The summed E-state index contributed by atoms with van der Waals surface area (Å²) in [6, 6.07) is 4.27. The molecule has 538 valence electrons. The highest BCUT2D eigenvalue weighted by molar-refractivity contribution is 8.01. The molecule has 0 aromatic heterocycles. The molecular weight excluding hydrogens is 1290 g/mol. The highest BCUT2D eigenvalue weighted by Gasteiger charge is 2.36. The summed E-state index contributed by atoms with van der Waals surface area (Å²) in [6.07, 6.45) is 1.66. The maximum absolute atomic E-state index is 14.5. The number of Topliss-reactive ketones (excluding diaryl/α,β-unsaturated/α-hetero) is 5. The van der Waals surface area contributed by atoms with Crippen LogP contribution in [0.5, 0.6) is 0 Å². The summed E-state index contributed by atoms with van der Waals surface area (Å²) in [5, 5.41) is 23.6. The second-order valence-corrected chi connectivity index (χ2v) is 29.7. The number of carboxylic acid groups (broad SMARTS) is 1. The van der Waals surface area contributed by atoms with E-state index in [4.69, 9.17) is 41.9 Å². The molecule has 1 heterocycles. The molecule has 1 aromatic rings. The number of ketones is 5. The van der Waals surface area contributed by atoms with Crippen molar-refractivity contribution in [2.45, 2.75) is 178 Å². The van der Waals surface area contributed by atoms with Gasteiger partial charge in [-0.3, -0.25) is 62.5 Å². The molecule has 1 saturated heterocycles. The van der Waals surface area contributed by atoms with E-state index in [1.54, 1.807) is 30.3 Å². The number of nitrogens with zero attached hydrogens (tertiary/aromatic N) is 1. The standard InChI is InChI=1S/C53H85N9O12S3.C12H23NO5/c1-52(2,3)76-30-40-44(66)26-35(23-33-15-9-8-10-16-33)48(71)60-39(42(64)19-14-22-74-7)29-75-32-45(67)59-38(18-11-12-20-54)50(73)62-41(31-77-53(4,5)6)43(65)25-34(17-13-21-57-51(55)56)47(70)58-28-37(63)24-36(27-46(68)69)49(72)61-40;1-2-5-16-7-8-17-6-3-4-11(14)9-18-10-12(13)15/h8-10,15-16,34-36,38-41H,11-14,17-32,54H2,1-7H3,(H,58,70)(H,59,67)(H,60,71)(H,61,72)(H,62,73)(H,68,69)(H4,55,56,57);2-10H2,1H3,(H2,13,15)/t34-,35-,36+,38+,39+,40+,41+;/m1./s1. The lowest BCUT2D eigenvalue weighted by atomic mass is 9.90. The van der Waals surface area contributed by atoms with E-state index in [0.717, 1.165) is 24.8 Å². The van der Waals surface area contributed by atoms with Gasteiger partial charge >= 0.3 is 5.97 Å². The Kier molecular flexibility index (Phi) is 45.3. The molecule has 0 spiro atoms. The van der Waals surface area contributed by atoms with Gasteiger partial charge in [-0.05, 0) is 69.9 Å². The van der Waals surface area contributed by atoms with Crippen LogP contribution < -0.4 is 49.5 Å². The molecule has 0 radical (unpaired) electrons. The number of nitrogens with two attached hydrogens (primary N) is 4. The first-order chi connectivity index (χ1) is 44.9. The minimum Gasteiger partial charge on any atom is -0.481 e. The van der Waals surface area contributed by atoms with Crippen LogP contribution in [0.2, 0.25) is 0 Å². The zero-order valence-electron chi connectivity index (χ0n) is 56.9. The Labute approximate surface area is 573 Å². The molecular formula is C65H108N10O17S3. The Bertz CT molecular complexity index is 2590. The van der Waals surface area contributed by atoms with Gasteiger partial charge in [0, 0.05) is 104 Å². The van der Waals surface area contributed by atoms with Crippen LogP contribution in [0.3, 0.4) is 0 Å². The number of unbranched alkanes of at least 4 members (excludes halogenated alkanes) is 1. The molecule has 1 aliphatic rings. The van der Waals surface area contributed by atoms with Crippen LogP contribution in [0.1, 0.15) is 144 Å². The highest BCUT2D eigenvalue weighted by atomic mass is 32.2. The van der Waals surface area contributed by atoms with Crippen molar-refractivity contribution in [1.82, 2.24) is 26.6 Å². The first-order valence-electron chi connectivity index (χ1n) is 32.3. The van der Waals surface area contributed by atoms with E-state index >= 15 is 0 Å². The fourth-order valence-corrected chi connectivity index (χ4v) is 11.9. The van der Waals surface area contributed by atoms with Crippen molar-refractivity contribution in [3.8, 4) is 0 Å². The van der Waals surface area contributed by atoms with Gasteiger partial charge in [-0.1, -0.05) is 78.8 Å². The zero-order valence-corrected chi connectivity index (χ0v) is 59.3. The van der Waals surface area contributed by atoms with Crippen LogP contribution in [0.4, 0.5) is 0 Å². The Morgan fingerprint density at radius 3 is 1.83 bits per heavy atom. The van der Waals surface area contributed by atoms with Crippen molar-refractivity contribution in [1.29, 1.82) is 0 Å². The number of carboxylic acids is 1. The minimum absolute atomic E-state index is 0.0187. The number of guanidine groups is 1. The van der Waals surface area contributed by atoms with Crippen molar-refractivity contribution < 1.29 is 81.6 Å². The van der Waals surface area contributed by atoms with E-state index in [-0.39, 0.29) is 104 Å². The van der Waals surface area contributed by atoms with Crippen LogP contribution in [0, 0.1) is 17.8 Å². The average Bonchev–Trinajstić information content (AvgIpc) is 3.92. The van der Waals surface area contributed by atoms with Gasteiger partial charge in [0.05, 0.1) is 56.0 Å². The number of methoxy groups -OCH3 is 1. The van der Waals surface area contributed by atoms with E-state index in [9.17, 15) is 62.6 Å². The fourth-order valence-electron chi connectivity index (χ4n) is 9.11. The summed E-state index contributed by atoms with van der Waals surface area (Å²) >= 11 is 3.78. The number of hydrogen-bond donors (Lipinski definition) is 10. The van der Waals surface area contributed by atoms with E-state index in [0.29, 0.717) is 64.0 Å². The number of aliphatic imine (C=N–C) groups is 1. The third-order valence-electron chi connectivity index (χ3n) is 14.0. The van der Waals surface area contributed by atoms with Crippen LogP contribution in [-0.4, -0.2) is 211 Å². The number of carbonyl (C=O) groups is 12. The van der Waals surface area contributed by atoms with Crippen LogP contribution in [0.15, 0.2) is 35.3 Å². The molecule has 6 amide bonds. The molecule has 0 aliphatic carbocycles. The number of hydrogen-bond acceptors (Lipinski definition) is 21. The molecule has 0 saturated carbocycles. The van der Waals surface area contributed by atoms with Crippen molar-refractivity contribution in [2.75, 3.05) is 96.0 Å². The molecule has 14 N–H and O–H groups in total. The van der Waals surface area contributed by atoms with Crippen molar-refractivity contribution in [2.24, 2.45) is 45.7 Å². The molecule has 95 heavy (non-hydrogen) atoms. The Hall–Kier alpha value is -6.02. The average molecular weight is 1400 g/mol. The number of primary amides is 1. The maximum atomic E-state index is 14.5. The molecule has 1 fully saturated rings. The Morgan fingerprint density at radius 2 is 1.25 bits per heavy atom. The van der Waals surface area contributed by atoms with Gasteiger partial charge in [0.2, 0.25) is 35.4 Å². The summed E-state index contributed by atoms with van der Waals surface area (Å²) in [6.45, 7) is 15.7. The molecule has 2 rings (SSSR count). The minimum atomic E-state index is -1.48. The smallest absolute Gasteiger partial charge is 0.304 e. The third kappa shape index (κ3) is 43.7. The van der Waals surface area contributed by atoms with Crippen molar-refractivity contribution in [3.05, 3.63) is 35.9 Å². The second-order valence-electron chi connectivity index (χ2n) is 25.0. The van der Waals surface area contributed by atoms with E-state index in [1.165, 1.54) is 30.6 Å². The lowest BCUT2D eigenvalue weighted by Gasteiger charge is -2.27. The maximum Gasteiger partial charge on any atom is 0.304 e. The number of amides is 6. The van der Waals surface area contributed by atoms with Crippen molar-refractivity contribution in [3.63, 3.8) is 0 Å². The number of rotatable bonds is 34. The van der Waals surface area contributed by atoms with Gasteiger partial charge in [-0.15, -0.1) is 11.8 Å². The summed E-state index contributed by atoms with van der Waals surface area (Å²) < 4.78 is 19.7. The van der Waals surface area contributed by atoms with Gasteiger partial charge in [0.15, 0.2) is 34.9 Å². The summed E-state index contributed by atoms with van der Waals surface area (Å²) in [5.74, 6) is -11.6. The highest BCUT2D eigenvalue weighted by Crippen LogP contribution is 2.27. The van der Waals surface area contributed by atoms with Gasteiger partial charge < -0.3 is 73.6 Å². The molecule has 27 nitrogen and oxygen atoms in total. The first kappa shape index (κ1) is 87.0. The third-order valence-corrected chi connectivity index (χ3v) is 17.8. The van der Waals surface area contributed by atoms with Crippen LogP contribution in [0.25, 0.3) is 0 Å². The lowest BCUT2D eigenvalue weighted by molar-refractivity contribution is -0.142. The fraction of sp³-hybridized carbons (Fsp3) is 0.708. The molecule has 0 unspecified atom stereocenters. The number of benzene rings is 1. The number of nitrogens with one attached hydrogen (secondary N) is 5. The van der Waals surface area contributed by atoms with E-state index < -0.39 is 138 Å². The molecule has 30 heteroatoms. The van der Waals surface area contributed by atoms with E-state index in [2.05, 4.69) is 31.6 Å². The molecule has 0 bridgehead atoms. The SMILES string of the molecule is CCCOCCOCCCC(=O)COCC(N)=O.COCCCC(=O)[C@@H]1CSCC(=O)N[C@@H](CCCCN)C(=O)N[C@@H](CSC(C)(C)C)C(=O)C[C@@H](CCCN=C(N)N)C(=O)NCC(=O)C[C@@H](CC(=O)O)C(=O)N[C@@H](CSC(C)(C)C)C(=O)C[C@@H](Cc2ccccc2)C(=O)N1. The lowest BCUT2D eigenvalue weighted by Crippen LogP contribution is -2.53. The number of thioether (sulfide) groups is 3. The van der Waals surface area contributed by atoms with Gasteiger partial charge in [-0.25, -0.2) is 0 Å². The molecule has 1 aliphatic heterocycles. The topological polar surface area (TPSA) is 439 Å². The second kappa shape index (κ2) is 49.5. The van der Waals surface area contributed by atoms with Gasteiger partial charge in [0.1, 0.15) is 19.3 Å². The predicted octanol–water partition coefficient (Wildman–Crippen LogP) is 2.75. The summed E-state index contributed by atoms with van der Waals surface area (Å²) in [7, 11) is 1.49. The Morgan fingerprint density at radius 1 is 0.653 bits per heavy atom. The van der Waals surface area contributed by atoms with Crippen molar-refractivity contribution >= 4 is 112 Å². The normalized spacial score (nSPS) is 20.5. The Balaban J connectivity index is 0.00000216. The largest absolute Gasteiger partial charge is 0.481 e. The zero-order chi connectivity index (χ0) is 71.4. The number of carbonyl (C=O) groups excluding carboxylic acids is 11. The van der Waals surface area contributed by atoms with Crippen LogP contribution >= 0.6 is 35.3 Å². The first-order valence-corrected chi connectivity index (χ1v) is 35.5. The summed E-state index contributed by atoms with van der Waals surface area (Å²) in [4.78, 5) is 165. The quantitative estimate of drug-likeness (QED) is 0.0269. The molecule has 7 atom stereocenters. The monoisotopic (exact) mass is 1400 g/mol. The number of ether oxygens (including phenoxy) is 4. The van der Waals surface area contributed by atoms with E-state index in [1.807, 2.05) is 48.5 Å². The predicted molar refractivity (Wildman–Crippen MR) is 369 cm³/mol. The summed E-state index contributed by atoms with van der Waals surface area (Å²) in [5.41, 5.74) is 22.4. The molecule has 1 aromatic carbocycles. The van der Waals surface area contributed by atoms with Gasteiger partial charge in [0.25, 0.3) is 0 Å². The van der Waals surface area contributed by atoms with Crippen LogP contribution in [-0.2, 0) is 82.9 Å². The number of aliphatic carboxylic acids is 1. The van der Waals surface area contributed by atoms with Gasteiger partial charge in [-0.2, -0.15) is 23.5 Å².